The van der Waals surface area contributed by atoms with Crippen molar-refractivity contribution in [1.82, 2.24) is 15.1 Å². The summed E-state index contributed by atoms with van der Waals surface area (Å²) in [5.74, 6) is 0. The van der Waals surface area contributed by atoms with Gasteiger partial charge < -0.3 is 15.1 Å². The number of hydrogen-bond acceptors (Lipinski definition) is 3. The first-order valence-electron chi connectivity index (χ1n) is 5.62. The van der Waals surface area contributed by atoms with E-state index >= 15 is 0 Å². The van der Waals surface area contributed by atoms with Crippen LogP contribution in [-0.4, -0.2) is 62.2 Å². The van der Waals surface area contributed by atoms with Gasteiger partial charge in [0.2, 0.25) is 0 Å². The van der Waals surface area contributed by atoms with Crippen LogP contribution in [0.4, 0.5) is 0 Å². The summed E-state index contributed by atoms with van der Waals surface area (Å²) in [7, 11) is 4.28. The van der Waals surface area contributed by atoms with Crippen molar-refractivity contribution in [3.8, 4) is 0 Å². The normalized spacial score (nSPS) is 23.8. The van der Waals surface area contributed by atoms with Crippen molar-refractivity contribution in [3.63, 3.8) is 0 Å². The van der Waals surface area contributed by atoms with Crippen LogP contribution in [0.3, 0.4) is 0 Å². The van der Waals surface area contributed by atoms with Crippen molar-refractivity contribution >= 4 is 0 Å². The minimum atomic E-state index is 0.281. The summed E-state index contributed by atoms with van der Waals surface area (Å²) < 4.78 is 0. The molecule has 0 aromatic carbocycles. The fourth-order valence-corrected chi connectivity index (χ4v) is 1.96. The molecule has 0 radical (unpaired) electrons. The van der Waals surface area contributed by atoms with Crippen LogP contribution in [0.5, 0.6) is 0 Å². The summed E-state index contributed by atoms with van der Waals surface area (Å²) in [4.78, 5) is 4.82. The molecule has 1 rings (SSSR count). The SMILES string of the molecule is CN(C)CCN1CCCNC(C)(C)C1. The molecule has 1 N–H and O–H groups in total. The Bertz CT molecular complexity index is 166. The summed E-state index contributed by atoms with van der Waals surface area (Å²) in [5, 5.41) is 3.58. The van der Waals surface area contributed by atoms with E-state index in [4.69, 9.17) is 0 Å². The van der Waals surface area contributed by atoms with Crippen LogP contribution in [-0.2, 0) is 0 Å². The van der Waals surface area contributed by atoms with Gasteiger partial charge in [0.25, 0.3) is 0 Å². The second-order valence-electron chi connectivity index (χ2n) is 5.24. The zero-order valence-corrected chi connectivity index (χ0v) is 10.1. The van der Waals surface area contributed by atoms with Crippen LogP contribution < -0.4 is 5.32 Å². The van der Waals surface area contributed by atoms with Crippen LogP contribution >= 0.6 is 0 Å². The molecular formula is C11H25N3. The van der Waals surface area contributed by atoms with Gasteiger partial charge >= 0.3 is 0 Å². The maximum Gasteiger partial charge on any atom is 0.0252 e. The van der Waals surface area contributed by atoms with Gasteiger partial charge in [-0.2, -0.15) is 0 Å². The first kappa shape index (κ1) is 12.0. The fourth-order valence-electron chi connectivity index (χ4n) is 1.96. The molecule has 0 unspecified atom stereocenters. The molecule has 0 aliphatic carbocycles. The van der Waals surface area contributed by atoms with Crippen molar-refractivity contribution in [2.75, 3.05) is 46.8 Å². The third-order valence-electron chi connectivity index (χ3n) is 2.74. The molecule has 14 heavy (non-hydrogen) atoms. The van der Waals surface area contributed by atoms with Crippen molar-refractivity contribution < 1.29 is 0 Å². The third-order valence-corrected chi connectivity index (χ3v) is 2.74. The Kier molecular flexibility index (Phi) is 4.35. The molecule has 0 aromatic rings. The van der Waals surface area contributed by atoms with Crippen molar-refractivity contribution in [2.45, 2.75) is 25.8 Å². The van der Waals surface area contributed by atoms with Gasteiger partial charge in [0.1, 0.15) is 0 Å². The highest BCUT2D eigenvalue weighted by Gasteiger charge is 2.23. The van der Waals surface area contributed by atoms with E-state index in [1.54, 1.807) is 0 Å². The van der Waals surface area contributed by atoms with E-state index in [-0.39, 0.29) is 5.54 Å². The predicted octanol–water partition coefficient (Wildman–Crippen LogP) is 0.622. The van der Waals surface area contributed by atoms with Gasteiger partial charge in [-0.15, -0.1) is 0 Å². The second-order valence-corrected chi connectivity index (χ2v) is 5.24. The third kappa shape index (κ3) is 4.40. The summed E-state index contributed by atoms with van der Waals surface area (Å²) in [6, 6.07) is 0. The molecule has 1 aliphatic heterocycles. The Hall–Kier alpha value is -0.120. The molecule has 3 heteroatoms. The highest BCUT2D eigenvalue weighted by Crippen LogP contribution is 2.09. The van der Waals surface area contributed by atoms with E-state index in [0.29, 0.717) is 0 Å². The van der Waals surface area contributed by atoms with Gasteiger partial charge in [-0.25, -0.2) is 0 Å². The Labute approximate surface area is 88.5 Å². The molecule has 0 aromatic heterocycles. The molecule has 0 atom stereocenters. The average Bonchev–Trinajstić information content (AvgIpc) is 2.22. The number of hydrogen-bond donors (Lipinski definition) is 1. The van der Waals surface area contributed by atoms with E-state index in [0.717, 1.165) is 13.1 Å². The Balaban J connectivity index is 2.36. The number of rotatable bonds is 3. The minimum absolute atomic E-state index is 0.281. The number of nitrogens with zero attached hydrogens (tertiary/aromatic N) is 2. The molecule has 3 nitrogen and oxygen atoms in total. The smallest absolute Gasteiger partial charge is 0.0252 e. The second kappa shape index (κ2) is 5.10. The standard InChI is InChI=1S/C11H25N3/c1-11(2)10-14(7-5-6-12-11)9-8-13(3)4/h12H,5-10H2,1-4H3. The predicted molar refractivity (Wildman–Crippen MR) is 61.7 cm³/mol. The number of likely N-dealkylation sites (N-methyl/N-ethyl adjacent to an activating group) is 1. The Morgan fingerprint density at radius 1 is 1.36 bits per heavy atom. The molecule has 1 fully saturated rings. The van der Waals surface area contributed by atoms with Crippen molar-refractivity contribution in [3.05, 3.63) is 0 Å². The van der Waals surface area contributed by atoms with E-state index in [1.807, 2.05) is 0 Å². The van der Waals surface area contributed by atoms with Crippen LogP contribution in [0.1, 0.15) is 20.3 Å². The van der Waals surface area contributed by atoms with Crippen LogP contribution in [0.25, 0.3) is 0 Å². The first-order chi connectivity index (χ1) is 6.49. The largest absolute Gasteiger partial charge is 0.310 e. The molecule has 1 saturated heterocycles. The summed E-state index contributed by atoms with van der Waals surface area (Å²) >= 11 is 0. The van der Waals surface area contributed by atoms with Gasteiger partial charge in [-0.3, -0.25) is 0 Å². The molecule has 0 bridgehead atoms. The minimum Gasteiger partial charge on any atom is -0.310 e. The van der Waals surface area contributed by atoms with Crippen molar-refractivity contribution in [1.29, 1.82) is 0 Å². The topological polar surface area (TPSA) is 18.5 Å². The monoisotopic (exact) mass is 199 g/mol. The molecule has 0 spiro atoms. The van der Waals surface area contributed by atoms with Crippen LogP contribution in [0.15, 0.2) is 0 Å². The average molecular weight is 199 g/mol. The highest BCUT2D eigenvalue weighted by molar-refractivity contribution is 4.84. The Morgan fingerprint density at radius 3 is 2.71 bits per heavy atom. The fraction of sp³-hybridized carbons (Fsp3) is 1.00. The van der Waals surface area contributed by atoms with Crippen LogP contribution in [0, 0.1) is 0 Å². The lowest BCUT2D eigenvalue weighted by molar-refractivity contribution is 0.210. The molecule has 84 valence electrons. The summed E-state index contributed by atoms with van der Waals surface area (Å²) in [6.07, 6.45) is 1.27. The van der Waals surface area contributed by atoms with E-state index in [1.165, 1.54) is 26.1 Å². The van der Waals surface area contributed by atoms with Crippen LogP contribution in [0.2, 0.25) is 0 Å². The number of nitrogens with one attached hydrogen (secondary N) is 1. The zero-order valence-electron chi connectivity index (χ0n) is 10.1. The van der Waals surface area contributed by atoms with Gasteiger partial charge in [0.15, 0.2) is 0 Å². The molecule has 0 saturated carbocycles. The lowest BCUT2D eigenvalue weighted by Gasteiger charge is -2.30. The first-order valence-corrected chi connectivity index (χ1v) is 5.62. The van der Waals surface area contributed by atoms with Gasteiger partial charge in [-0.1, -0.05) is 0 Å². The molecule has 0 amide bonds. The quantitative estimate of drug-likeness (QED) is 0.719. The van der Waals surface area contributed by atoms with E-state index in [9.17, 15) is 0 Å². The molecule has 1 aliphatic rings. The lowest BCUT2D eigenvalue weighted by atomic mass is 10.1. The van der Waals surface area contributed by atoms with E-state index in [2.05, 4.69) is 43.1 Å². The zero-order chi connectivity index (χ0) is 10.6. The Morgan fingerprint density at radius 2 is 2.07 bits per heavy atom. The van der Waals surface area contributed by atoms with E-state index < -0.39 is 0 Å². The summed E-state index contributed by atoms with van der Waals surface area (Å²) in [6.45, 7) is 10.5. The van der Waals surface area contributed by atoms with Crippen molar-refractivity contribution in [2.24, 2.45) is 0 Å². The van der Waals surface area contributed by atoms with Gasteiger partial charge in [0.05, 0.1) is 0 Å². The van der Waals surface area contributed by atoms with Gasteiger partial charge in [0, 0.05) is 25.2 Å². The molecular weight excluding hydrogens is 174 g/mol. The van der Waals surface area contributed by atoms with Gasteiger partial charge in [-0.05, 0) is 47.5 Å². The lowest BCUT2D eigenvalue weighted by Crippen LogP contribution is -2.47. The summed E-state index contributed by atoms with van der Waals surface area (Å²) in [5.41, 5.74) is 0.281. The maximum atomic E-state index is 3.58. The maximum absolute atomic E-state index is 3.58. The highest BCUT2D eigenvalue weighted by atomic mass is 15.2. The molecule has 1 heterocycles.